The van der Waals surface area contributed by atoms with E-state index in [-0.39, 0.29) is 42.0 Å². The first kappa shape index (κ1) is 22.9. The van der Waals surface area contributed by atoms with E-state index in [1.54, 1.807) is 11.9 Å². The van der Waals surface area contributed by atoms with E-state index >= 15 is 0 Å². The van der Waals surface area contributed by atoms with E-state index in [1.807, 2.05) is 0 Å². The van der Waals surface area contributed by atoms with Gasteiger partial charge in [0.05, 0.1) is 0 Å². The van der Waals surface area contributed by atoms with Gasteiger partial charge in [-0.15, -0.1) is 0 Å². The number of halogens is 2. The number of fused-ring (bicyclic) bond motifs is 2. The van der Waals surface area contributed by atoms with Crippen LogP contribution >= 0.6 is 0 Å². The van der Waals surface area contributed by atoms with Gasteiger partial charge in [0, 0.05) is 56.6 Å². The lowest BCUT2D eigenvalue weighted by Gasteiger charge is -2.37. The van der Waals surface area contributed by atoms with Gasteiger partial charge in [0.25, 0.3) is 11.8 Å². The molecular weight excluding hydrogens is 434 g/mol. The largest absolute Gasteiger partial charge is 0.503 e. The molecule has 8 nitrogen and oxygen atoms in total. The van der Waals surface area contributed by atoms with Gasteiger partial charge in [0.15, 0.2) is 11.4 Å². The van der Waals surface area contributed by atoms with Crippen molar-refractivity contribution in [2.75, 3.05) is 13.6 Å². The van der Waals surface area contributed by atoms with Gasteiger partial charge in [-0.25, -0.2) is 8.78 Å². The molecule has 2 aromatic rings. The molecule has 2 heterocycles. The summed E-state index contributed by atoms with van der Waals surface area (Å²) in [6.07, 6.45) is 5.05. The van der Waals surface area contributed by atoms with Crippen LogP contribution < -0.4 is 16.1 Å². The van der Waals surface area contributed by atoms with Gasteiger partial charge < -0.3 is 25.2 Å². The van der Waals surface area contributed by atoms with Gasteiger partial charge in [-0.2, -0.15) is 0 Å². The van der Waals surface area contributed by atoms with Crippen molar-refractivity contribution in [2.24, 2.45) is 0 Å². The number of carbonyl (C=O) groups is 2. The zero-order valence-corrected chi connectivity index (χ0v) is 18.2. The van der Waals surface area contributed by atoms with Gasteiger partial charge in [-0.1, -0.05) is 18.9 Å². The Morgan fingerprint density at radius 2 is 2.00 bits per heavy atom. The number of nitrogens with one attached hydrogen (secondary N) is 2. The highest BCUT2D eigenvalue weighted by Gasteiger charge is 2.35. The summed E-state index contributed by atoms with van der Waals surface area (Å²) in [5, 5.41) is 16.5. The van der Waals surface area contributed by atoms with Crippen molar-refractivity contribution in [2.45, 2.75) is 50.9 Å². The molecule has 0 unspecified atom stereocenters. The Labute approximate surface area is 189 Å². The number of aromatic hydroxyl groups is 1. The molecule has 4 rings (SSSR count). The number of amides is 2. The number of likely N-dealkylation sites (N-methyl/N-ethyl adjacent to an activating group) is 1. The number of benzene rings is 1. The summed E-state index contributed by atoms with van der Waals surface area (Å²) in [6.45, 7) is 0.470. The minimum Gasteiger partial charge on any atom is -0.503 e. The van der Waals surface area contributed by atoms with E-state index in [0.717, 1.165) is 31.7 Å². The summed E-state index contributed by atoms with van der Waals surface area (Å²) in [4.78, 5) is 40.3. The maximum Gasteiger partial charge on any atom is 0.274 e. The van der Waals surface area contributed by atoms with Gasteiger partial charge in [0.2, 0.25) is 5.43 Å². The van der Waals surface area contributed by atoms with Crippen LogP contribution in [-0.4, -0.2) is 52.1 Å². The fourth-order valence-electron chi connectivity index (χ4n) is 4.65. The number of pyridine rings is 1. The van der Waals surface area contributed by atoms with Crippen LogP contribution in [0.5, 0.6) is 5.75 Å². The summed E-state index contributed by atoms with van der Waals surface area (Å²) in [7, 11) is 1.66. The molecule has 2 atom stereocenters. The van der Waals surface area contributed by atoms with Crippen LogP contribution in [0, 0.1) is 11.6 Å². The van der Waals surface area contributed by atoms with Crippen LogP contribution in [-0.2, 0) is 13.1 Å². The fraction of sp³-hybridized carbons (Fsp3) is 0.435. The van der Waals surface area contributed by atoms with E-state index in [9.17, 15) is 28.3 Å². The van der Waals surface area contributed by atoms with Crippen molar-refractivity contribution in [1.29, 1.82) is 0 Å². The predicted octanol–water partition coefficient (Wildman–Crippen LogP) is 1.75. The lowest BCUT2D eigenvalue weighted by Crippen LogP contribution is -2.52. The summed E-state index contributed by atoms with van der Waals surface area (Å²) in [6, 6.07) is 3.01. The monoisotopic (exact) mass is 460 g/mol. The smallest absolute Gasteiger partial charge is 0.274 e. The fourth-order valence-corrected chi connectivity index (χ4v) is 4.65. The summed E-state index contributed by atoms with van der Waals surface area (Å²) < 4.78 is 28.3. The number of hydrogen-bond donors (Lipinski definition) is 3. The third-order valence-electron chi connectivity index (χ3n) is 6.46. The van der Waals surface area contributed by atoms with Crippen LogP contribution in [0.25, 0.3) is 0 Å². The molecule has 0 radical (unpaired) electrons. The van der Waals surface area contributed by atoms with Crippen LogP contribution in [0.4, 0.5) is 8.78 Å². The van der Waals surface area contributed by atoms with Crippen LogP contribution in [0.2, 0.25) is 0 Å². The average molecular weight is 460 g/mol. The number of aromatic nitrogens is 1. The number of hydrogen-bond acceptors (Lipinski definition) is 5. The molecule has 3 N–H and O–H groups in total. The highest BCUT2D eigenvalue weighted by molar-refractivity contribution is 5.98. The SMILES string of the molecule is CN1C(=O)c2c(O)c(=O)c(C(=O)NCc3ccc(F)cc3F)cn2CCN[C@H]2CCCC[C@@H]21. The Morgan fingerprint density at radius 3 is 2.76 bits per heavy atom. The van der Waals surface area contributed by atoms with Crippen molar-refractivity contribution >= 4 is 11.8 Å². The summed E-state index contributed by atoms with van der Waals surface area (Å²) in [5.74, 6) is -3.68. The molecule has 0 saturated heterocycles. The Balaban J connectivity index is 1.63. The van der Waals surface area contributed by atoms with Crippen molar-refractivity contribution in [3.8, 4) is 5.75 Å². The minimum absolute atomic E-state index is 0.0421. The van der Waals surface area contributed by atoms with E-state index in [0.29, 0.717) is 12.6 Å². The second-order valence-electron chi connectivity index (χ2n) is 8.51. The van der Waals surface area contributed by atoms with E-state index < -0.39 is 34.6 Å². The lowest BCUT2D eigenvalue weighted by molar-refractivity contribution is 0.0644. The molecule has 1 fully saturated rings. The maximum absolute atomic E-state index is 13.9. The lowest BCUT2D eigenvalue weighted by atomic mass is 9.89. The standard InChI is InChI=1S/C23H26F2N4O4/c1-28-18-5-3-2-4-17(18)26-8-9-29-12-15(20(30)21(31)19(29)23(28)33)22(32)27-11-13-6-7-14(24)10-16(13)25/h6-7,10,12,17-18,26,31H,2-5,8-9,11H2,1H3,(H,27,32)/t17-,18-/m0/s1. The second kappa shape index (κ2) is 9.30. The van der Waals surface area contributed by atoms with Gasteiger partial charge in [-0.05, 0) is 18.9 Å². The maximum atomic E-state index is 13.9. The molecule has 1 aromatic heterocycles. The Morgan fingerprint density at radius 1 is 1.24 bits per heavy atom. The molecule has 0 spiro atoms. The quantitative estimate of drug-likeness (QED) is 0.648. The van der Waals surface area contributed by atoms with Gasteiger partial charge >= 0.3 is 0 Å². The van der Waals surface area contributed by atoms with E-state index in [4.69, 9.17) is 0 Å². The van der Waals surface area contributed by atoms with Crippen LogP contribution in [0.3, 0.4) is 0 Å². The number of nitrogens with zero attached hydrogens (tertiary/aromatic N) is 2. The minimum atomic E-state index is -0.979. The highest BCUT2D eigenvalue weighted by Crippen LogP contribution is 2.26. The first-order valence-electron chi connectivity index (χ1n) is 11.0. The normalized spacial score (nSPS) is 20.8. The van der Waals surface area contributed by atoms with Gasteiger partial charge in [-0.3, -0.25) is 14.4 Å². The first-order valence-corrected chi connectivity index (χ1v) is 11.0. The second-order valence-corrected chi connectivity index (χ2v) is 8.51. The van der Waals surface area contributed by atoms with Crippen molar-refractivity contribution in [3.05, 3.63) is 63.1 Å². The Hall–Kier alpha value is -3.27. The number of rotatable bonds is 3. The summed E-state index contributed by atoms with van der Waals surface area (Å²) in [5.41, 5.74) is -1.46. The Bertz CT molecular complexity index is 1150. The van der Waals surface area contributed by atoms with E-state index in [2.05, 4.69) is 10.6 Å². The highest BCUT2D eigenvalue weighted by atomic mass is 19.1. The molecule has 1 aromatic carbocycles. The van der Waals surface area contributed by atoms with Crippen LogP contribution in [0.1, 0.15) is 52.1 Å². The van der Waals surface area contributed by atoms with Crippen molar-refractivity contribution < 1.29 is 23.5 Å². The first-order chi connectivity index (χ1) is 15.8. The molecule has 33 heavy (non-hydrogen) atoms. The third kappa shape index (κ3) is 4.47. The topological polar surface area (TPSA) is 104 Å². The molecule has 1 aliphatic carbocycles. The third-order valence-corrected chi connectivity index (χ3v) is 6.46. The van der Waals surface area contributed by atoms with Crippen molar-refractivity contribution in [3.63, 3.8) is 0 Å². The molecule has 2 aliphatic rings. The molecule has 10 heteroatoms. The molecule has 1 aliphatic heterocycles. The molecule has 0 bridgehead atoms. The van der Waals surface area contributed by atoms with Gasteiger partial charge in [0.1, 0.15) is 17.2 Å². The molecule has 2 amide bonds. The Kier molecular flexibility index (Phi) is 6.46. The average Bonchev–Trinajstić information content (AvgIpc) is 2.84. The molecular formula is C23H26F2N4O4. The van der Waals surface area contributed by atoms with Crippen molar-refractivity contribution in [1.82, 2.24) is 20.1 Å². The van der Waals surface area contributed by atoms with E-state index in [1.165, 1.54) is 16.8 Å². The molecule has 1 saturated carbocycles. The zero-order chi connectivity index (χ0) is 23.7. The zero-order valence-electron chi connectivity index (χ0n) is 18.2. The van der Waals surface area contributed by atoms with Crippen LogP contribution in [0.15, 0.2) is 29.2 Å². The summed E-state index contributed by atoms with van der Waals surface area (Å²) >= 11 is 0. The number of carbonyl (C=O) groups excluding carboxylic acids is 2. The predicted molar refractivity (Wildman–Crippen MR) is 116 cm³/mol. The molecule has 176 valence electrons.